The Bertz CT molecular complexity index is 917. The Labute approximate surface area is 164 Å². The molecule has 7 heteroatoms. The Morgan fingerprint density at radius 3 is 2.64 bits per heavy atom. The monoisotopic (exact) mass is 385 g/mol. The number of carbonyl (C=O) groups is 1. The fourth-order valence-electron chi connectivity index (χ4n) is 4.34. The van der Waals surface area contributed by atoms with Crippen LogP contribution in [0.1, 0.15) is 12.8 Å². The summed E-state index contributed by atoms with van der Waals surface area (Å²) < 4.78 is 10.8. The van der Waals surface area contributed by atoms with Crippen molar-refractivity contribution in [3.63, 3.8) is 0 Å². The van der Waals surface area contributed by atoms with Gasteiger partial charge in [0.15, 0.2) is 6.61 Å². The van der Waals surface area contributed by atoms with E-state index in [1.54, 1.807) is 18.2 Å². The number of hydrogen-bond acceptors (Lipinski definition) is 6. The standard InChI is InChI=1S/C21H27N3O4/c1-22-11-12-23(2)21(15-22)7-9-24(10-8-21)19(25)14-27-17-5-3-16-4-6-20(26)28-18(16)13-17/h3-6,13H,7-12,14-15H2,1-2H3. The Hall–Kier alpha value is -2.38. The predicted octanol–water partition coefficient (Wildman–Crippen LogP) is 1.41. The van der Waals surface area contributed by atoms with Gasteiger partial charge in [0.2, 0.25) is 0 Å². The second-order valence-electron chi connectivity index (χ2n) is 8.01. The van der Waals surface area contributed by atoms with Crippen molar-refractivity contribution in [3.05, 3.63) is 40.8 Å². The average Bonchev–Trinajstić information content (AvgIpc) is 2.69. The van der Waals surface area contributed by atoms with Crippen molar-refractivity contribution in [1.29, 1.82) is 0 Å². The molecule has 2 aliphatic heterocycles. The zero-order valence-electron chi connectivity index (χ0n) is 16.5. The van der Waals surface area contributed by atoms with Gasteiger partial charge in [-0.2, -0.15) is 0 Å². The minimum atomic E-state index is -0.402. The molecule has 3 heterocycles. The van der Waals surface area contributed by atoms with E-state index < -0.39 is 5.63 Å². The van der Waals surface area contributed by atoms with E-state index in [0.29, 0.717) is 11.3 Å². The third kappa shape index (κ3) is 3.77. The quantitative estimate of drug-likeness (QED) is 0.745. The lowest BCUT2D eigenvalue weighted by Crippen LogP contribution is -2.64. The van der Waals surface area contributed by atoms with Crippen LogP contribution in [0.5, 0.6) is 5.75 Å². The highest BCUT2D eigenvalue weighted by atomic mass is 16.5. The van der Waals surface area contributed by atoms with E-state index in [1.807, 2.05) is 11.0 Å². The molecule has 2 aromatic rings. The molecule has 0 atom stereocenters. The molecular weight excluding hydrogens is 358 g/mol. The van der Waals surface area contributed by atoms with Crippen molar-refractivity contribution in [2.75, 3.05) is 53.4 Å². The molecule has 28 heavy (non-hydrogen) atoms. The van der Waals surface area contributed by atoms with Crippen LogP contribution in [0.25, 0.3) is 11.0 Å². The van der Waals surface area contributed by atoms with Crippen LogP contribution in [-0.2, 0) is 4.79 Å². The first-order valence-corrected chi connectivity index (χ1v) is 9.80. The second kappa shape index (κ2) is 7.56. The number of hydrogen-bond donors (Lipinski definition) is 0. The van der Waals surface area contributed by atoms with Crippen molar-refractivity contribution >= 4 is 16.9 Å². The maximum Gasteiger partial charge on any atom is 0.336 e. The largest absolute Gasteiger partial charge is 0.484 e. The molecule has 0 bridgehead atoms. The van der Waals surface area contributed by atoms with Crippen LogP contribution < -0.4 is 10.4 Å². The van der Waals surface area contributed by atoms with E-state index in [9.17, 15) is 9.59 Å². The summed E-state index contributed by atoms with van der Waals surface area (Å²) in [6, 6.07) is 8.35. The fraction of sp³-hybridized carbons (Fsp3) is 0.524. The predicted molar refractivity (Wildman–Crippen MR) is 107 cm³/mol. The molecule has 1 aromatic heterocycles. The van der Waals surface area contributed by atoms with Crippen LogP contribution in [0, 0.1) is 0 Å². The fourth-order valence-corrected chi connectivity index (χ4v) is 4.34. The zero-order valence-corrected chi connectivity index (χ0v) is 16.5. The molecule has 4 rings (SSSR count). The number of nitrogens with zero attached hydrogens (tertiary/aromatic N) is 3. The van der Waals surface area contributed by atoms with Gasteiger partial charge in [-0.3, -0.25) is 9.69 Å². The molecule has 0 saturated carbocycles. The number of benzene rings is 1. The summed E-state index contributed by atoms with van der Waals surface area (Å²) in [5.74, 6) is 0.522. The van der Waals surface area contributed by atoms with Gasteiger partial charge in [0.25, 0.3) is 5.91 Å². The van der Waals surface area contributed by atoms with E-state index in [2.05, 4.69) is 23.9 Å². The smallest absolute Gasteiger partial charge is 0.336 e. The summed E-state index contributed by atoms with van der Waals surface area (Å²) in [7, 11) is 4.37. The van der Waals surface area contributed by atoms with Gasteiger partial charge in [-0.1, -0.05) is 0 Å². The molecule has 0 N–H and O–H groups in total. The number of ether oxygens (including phenoxy) is 1. The van der Waals surface area contributed by atoms with Crippen LogP contribution >= 0.6 is 0 Å². The van der Waals surface area contributed by atoms with Crippen molar-refractivity contribution in [1.82, 2.24) is 14.7 Å². The van der Waals surface area contributed by atoms with Gasteiger partial charge in [-0.15, -0.1) is 0 Å². The number of rotatable bonds is 3. The summed E-state index contributed by atoms with van der Waals surface area (Å²) in [5, 5.41) is 0.821. The molecule has 2 aliphatic rings. The third-order valence-corrected chi connectivity index (χ3v) is 6.19. The highest BCUT2D eigenvalue weighted by molar-refractivity contribution is 5.79. The van der Waals surface area contributed by atoms with Crippen LogP contribution in [0.2, 0.25) is 0 Å². The number of likely N-dealkylation sites (N-methyl/N-ethyl adjacent to an activating group) is 2. The van der Waals surface area contributed by atoms with Crippen molar-refractivity contribution in [3.8, 4) is 5.75 Å². The van der Waals surface area contributed by atoms with Crippen LogP contribution in [0.15, 0.2) is 39.5 Å². The number of piperidine rings is 1. The molecule has 2 fully saturated rings. The SMILES string of the molecule is CN1CCN(C)C2(CCN(C(=O)COc3ccc4ccc(=O)oc4c3)CC2)C1. The minimum absolute atomic E-state index is 0.00345. The van der Waals surface area contributed by atoms with E-state index in [4.69, 9.17) is 9.15 Å². The molecule has 0 unspecified atom stereocenters. The molecule has 7 nitrogen and oxygen atoms in total. The van der Waals surface area contributed by atoms with Crippen LogP contribution in [-0.4, -0.2) is 79.6 Å². The Balaban J connectivity index is 1.34. The third-order valence-electron chi connectivity index (χ3n) is 6.19. The molecule has 2 saturated heterocycles. The molecular formula is C21H27N3O4. The van der Waals surface area contributed by atoms with Gasteiger partial charge >= 0.3 is 5.63 Å². The van der Waals surface area contributed by atoms with E-state index in [-0.39, 0.29) is 18.1 Å². The number of amides is 1. The Kier molecular flexibility index (Phi) is 5.12. The van der Waals surface area contributed by atoms with Gasteiger partial charge in [0.05, 0.1) is 0 Å². The Morgan fingerprint density at radius 1 is 1.11 bits per heavy atom. The maximum atomic E-state index is 12.6. The molecule has 1 amide bonds. The number of fused-ring (bicyclic) bond motifs is 1. The first-order chi connectivity index (χ1) is 13.4. The normalized spacial score (nSPS) is 20.6. The lowest BCUT2D eigenvalue weighted by atomic mass is 9.84. The summed E-state index contributed by atoms with van der Waals surface area (Å²) in [6.07, 6.45) is 1.97. The minimum Gasteiger partial charge on any atom is -0.484 e. The second-order valence-corrected chi connectivity index (χ2v) is 8.01. The highest BCUT2D eigenvalue weighted by Crippen LogP contribution is 2.31. The molecule has 150 valence electrons. The summed E-state index contributed by atoms with van der Waals surface area (Å²) in [4.78, 5) is 30.7. The van der Waals surface area contributed by atoms with Crippen molar-refractivity contribution in [2.24, 2.45) is 0 Å². The molecule has 1 spiro atoms. The van der Waals surface area contributed by atoms with Gasteiger partial charge in [0, 0.05) is 55.8 Å². The van der Waals surface area contributed by atoms with Crippen LogP contribution in [0.4, 0.5) is 0 Å². The maximum absolute atomic E-state index is 12.6. The first kappa shape index (κ1) is 19.0. The number of likely N-dealkylation sites (tertiary alicyclic amines) is 1. The van der Waals surface area contributed by atoms with Gasteiger partial charge in [0.1, 0.15) is 11.3 Å². The number of piperazine rings is 1. The van der Waals surface area contributed by atoms with Crippen LogP contribution in [0.3, 0.4) is 0 Å². The lowest BCUT2D eigenvalue weighted by molar-refractivity contribution is -0.136. The lowest BCUT2D eigenvalue weighted by Gasteiger charge is -2.52. The first-order valence-electron chi connectivity index (χ1n) is 9.80. The summed E-state index contributed by atoms with van der Waals surface area (Å²) in [6.45, 7) is 4.74. The zero-order chi connectivity index (χ0) is 19.7. The van der Waals surface area contributed by atoms with E-state index in [0.717, 1.165) is 51.0 Å². The highest BCUT2D eigenvalue weighted by Gasteiger charge is 2.41. The van der Waals surface area contributed by atoms with Gasteiger partial charge in [-0.05, 0) is 45.1 Å². The summed E-state index contributed by atoms with van der Waals surface area (Å²) in [5.41, 5.74) is 0.240. The average molecular weight is 385 g/mol. The van der Waals surface area contributed by atoms with Gasteiger partial charge in [-0.25, -0.2) is 4.79 Å². The van der Waals surface area contributed by atoms with Gasteiger partial charge < -0.3 is 19.0 Å². The molecule has 0 radical (unpaired) electrons. The molecule has 0 aliphatic carbocycles. The van der Waals surface area contributed by atoms with E-state index in [1.165, 1.54) is 6.07 Å². The van der Waals surface area contributed by atoms with Crippen molar-refractivity contribution < 1.29 is 13.9 Å². The topological polar surface area (TPSA) is 66.2 Å². The molecule has 1 aromatic carbocycles. The summed E-state index contributed by atoms with van der Waals surface area (Å²) >= 11 is 0. The van der Waals surface area contributed by atoms with E-state index >= 15 is 0 Å². The van der Waals surface area contributed by atoms with Crippen molar-refractivity contribution in [2.45, 2.75) is 18.4 Å². The Morgan fingerprint density at radius 2 is 1.86 bits per heavy atom. The number of carbonyl (C=O) groups excluding carboxylic acids is 1.